The van der Waals surface area contributed by atoms with Gasteiger partial charge < -0.3 is 14.4 Å². The summed E-state index contributed by atoms with van der Waals surface area (Å²) < 4.78 is 11.5. The fourth-order valence-corrected chi connectivity index (χ4v) is 2.62. The van der Waals surface area contributed by atoms with Crippen LogP contribution in [0.4, 0.5) is 0 Å². The normalized spacial score (nSPS) is 23.7. The second-order valence-electron chi connectivity index (χ2n) is 5.37. The molecule has 102 valence electrons. The summed E-state index contributed by atoms with van der Waals surface area (Å²) in [5, 5.41) is 8.90. The molecule has 0 aliphatic carbocycles. The minimum atomic E-state index is -0.200. The van der Waals surface area contributed by atoms with Gasteiger partial charge in [-0.3, -0.25) is 0 Å². The van der Waals surface area contributed by atoms with Crippen LogP contribution in [0.1, 0.15) is 25.3 Å². The van der Waals surface area contributed by atoms with Crippen LogP contribution in [0.25, 0.3) is 0 Å². The average Bonchev–Trinajstić information content (AvgIpc) is 2.38. The Labute approximate surface area is 114 Å². The Balaban J connectivity index is 2.20. The zero-order valence-corrected chi connectivity index (χ0v) is 11.8. The van der Waals surface area contributed by atoms with E-state index in [9.17, 15) is 0 Å². The monoisotopic (exact) mass is 260 g/mol. The first-order valence-corrected chi connectivity index (χ1v) is 6.52. The summed E-state index contributed by atoms with van der Waals surface area (Å²) in [5.74, 6) is 1.33. The third kappa shape index (κ3) is 3.18. The van der Waals surface area contributed by atoms with Crippen LogP contribution in [0.2, 0.25) is 0 Å². The summed E-state index contributed by atoms with van der Waals surface area (Å²) in [4.78, 5) is 2.28. The van der Waals surface area contributed by atoms with Crippen molar-refractivity contribution in [1.29, 1.82) is 5.26 Å². The molecule has 4 heteroatoms. The second kappa shape index (κ2) is 5.50. The molecular formula is C15H20N2O2. The first-order valence-electron chi connectivity index (χ1n) is 6.52. The molecule has 1 aromatic carbocycles. The lowest BCUT2D eigenvalue weighted by molar-refractivity contribution is 0.0137. The number of ether oxygens (including phenoxy) is 2. The molecule has 1 aliphatic heterocycles. The zero-order valence-electron chi connectivity index (χ0n) is 11.8. The van der Waals surface area contributed by atoms with Gasteiger partial charge in [0.15, 0.2) is 11.5 Å². The van der Waals surface area contributed by atoms with Crippen LogP contribution in [-0.2, 0) is 0 Å². The Morgan fingerprint density at radius 3 is 2.79 bits per heavy atom. The van der Waals surface area contributed by atoms with Crippen LogP contribution in [-0.4, -0.2) is 37.7 Å². The molecule has 1 aliphatic rings. The largest absolute Gasteiger partial charge is 0.493 e. The number of likely N-dealkylation sites (N-methyl/N-ethyl adjacent to an activating group) is 1. The number of nitriles is 1. The highest BCUT2D eigenvalue weighted by molar-refractivity contribution is 5.47. The van der Waals surface area contributed by atoms with Gasteiger partial charge in [0.2, 0.25) is 0 Å². The quantitative estimate of drug-likeness (QED) is 0.837. The molecule has 1 heterocycles. The van der Waals surface area contributed by atoms with E-state index in [1.54, 1.807) is 19.2 Å². The van der Waals surface area contributed by atoms with Crippen molar-refractivity contribution in [2.45, 2.75) is 25.4 Å². The summed E-state index contributed by atoms with van der Waals surface area (Å²) in [6.45, 7) is 4.14. The summed E-state index contributed by atoms with van der Waals surface area (Å²) in [5.41, 5.74) is 0.379. The maximum atomic E-state index is 8.90. The van der Waals surface area contributed by atoms with Gasteiger partial charge in [0.1, 0.15) is 5.60 Å². The van der Waals surface area contributed by atoms with Gasteiger partial charge in [-0.1, -0.05) is 0 Å². The van der Waals surface area contributed by atoms with Crippen LogP contribution in [0, 0.1) is 11.3 Å². The van der Waals surface area contributed by atoms with Gasteiger partial charge in [0.25, 0.3) is 0 Å². The molecule has 0 N–H and O–H groups in total. The van der Waals surface area contributed by atoms with E-state index in [-0.39, 0.29) is 5.60 Å². The summed E-state index contributed by atoms with van der Waals surface area (Å²) >= 11 is 0. The van der Waals surface area contributed by atoms with Crippen molar-refractivity contribution in [3.63, 3.8) is 0 Å². The van der Waals surface area contributed by atoms with Crippen LogP contribution in [0.15, 0.2) is 18.2 Å². The minimum absolute atomic E-state index is 0.200. The molecule has 0 aromatic heterocycles. The molecule has 0 spiro atoms. The van der Waals surface area contributed by atoms with Gasteiger partial charge >= 0.3 is 0 Å². The van der Waals surface area contributed by atoms with E-state index in [0.717, 1.165) is 25.9 Å². The molecular weight excluding hydrogens is 240 g/mol. The molecule has 4 nitrogen and oxygen atoms in total. The number of rotatable bonds is 3. The van der Waals surface area contributed by atoms with Gasteiger partial charge in [0.05, 0.1) is 18.7 Å². The lowest BCUT2D eigenvalue weighted by Crippen LogP contribution is -2.48. The molecule has 0 saturated carbocycles. The molecule has 2 rings (SSSR count). The van der Waals surface area contributed by atoms with Gasteiger partial charge in [-0.25, -0.2) is 0 Å². The molecule has 19 heavy (non-hydrogen) atoms. The molecule has 0 bridgehead atoms. The van der Waals surface area contributed by atoms with Crippen molar-refractivity contribution in [3.05, 3.63) is 23.8 Å². The topological polar surface area (TPSA) is 45.5 Å². The molecule has 1 atom stereocenters. The minimum Gasteiger partial charge on any atom is -0.493 e. The Bertz CT molecular complexity index is 495. The lowest BCUT2D eigenvalue weighted by Gasteiger charge is -2.39. The number of piperidine rings is 1. The highest BCUT2D eigenvalue weighted by Gasteiger charge is 2.32. The van der Waals surface area contributed by atoms with Crippen LogP contribution in [0.5, 0.6) is 11.5 Å². The van der Waals surface area contributed by atoms with Crippen molar-refractivity contribution in [1.82, 2.24) is 4.90 Å². The molecule has 1 saturated heterocycles. The first kappa shape index (κ1) is 13.7. The fraction of sp³-hybridized carbons (Fsp3) is 0.533. The Morgan fingerprint density at radius 1 is 1.37 bits per heavy atom. The zero-order chi connectivity index (χ0) is 13.9. The highest BCUT2D eigenvalue weighted by atomic mass is 16.5. The maximum absolute atomic E-state index is 8.90. The van der Waals surface area contributed by atoms with Crippen LogP contribution >= 0.6 is 0 Å². The molecule has 1 fully saturated rings. The van der Waals surface area contributed by atoms with Gasteiger partial charge in [0, 0.05) is 12.6 Å². The second-order valence-corrected chi connectivity index (χ2v) is 5.37. The van der Waals surface area contributed by atoms with Gasteiger partial charge in [-0.15, -0.1) is 0 Å². The summed E-state index contributed by atoms with van der Waals surface area (Å²) in [6.07, 6.45) is 2.16. The third-order valence-corrected chi connectivity index (χ3v) is 3.50. The molecule has 0 amide bonds. The van der Waals surface area contributed by atoms with Crippen LogP contribution in [0.3, 0.4) is 0 Å². The number of hydrogen-bond donors (Lipinski definition) is 0. The van der Waals surface area contributed by atoms with E-state index in [0.29, 0.717) is 17.1 Å². The molecule has 1 unspecified atom stereocenters. The Kier molecular flexibility index (Phi) is 3.96. The SMILES string of the molecule is COc1cc(C#N)ccc1OC1(C)CCCN(C)C1. The Morgan fingerprint density at radius 2 is 2.16 bits per heavy atom. The van der Waals surface area contributed by atoms with E-state index in [4.69, 9.17) is 14.7 Å². The van der Waals surface area contributed by atoms with Crippen molar-refractivity contribution in [2.24, 2.45) is 0 Å². The lowest BCUT2D eigenvalue weighted by atomic mass is 9.95. The van der Waals surface area contributed by atoms with Gasteiger partial charge in [-0.2, -0.15) is 5.26 Å². The maximum Gasteiger partial charge on any atom is 0.162 e. The molecule has 1 aromatic rings. The first-order chi connectivity index (χ1) is 9.06. The number of hydrogen-bond acceptors (Lipinski definition) is 4. The predicted molar refractivity (Wildman–Crippen MR) is 73.5 cm³/mol. The van der Waals surface area contributed by atoms with Crippen LogP contribution < -0.4 is 9.47 Å². The molecule has 0 radical (unpaired) electrons. The van der Waals surface area contributed by atoms with Crippen molar-refractivity contribution in [2.75, 3.05) is 27.2 Å². The highest BCUT2D eigenvalue weighted by Crippen LogP contribution is 2.34. The number of benzene rings is 1. The van der Waals surface area contributed by atoms with Crippen molar-refractivity contribution in [3.8, 4) is 17.6 Å². The van der Waals surface area contributed by atoms with E-state index < -0.39 is 0 Å². The van der Waals surface area contributed by atoms with E-state index in [1.807, 2.05) is 6.07 Å². The predicted octanol–water partition coefficient (Wildman–Crippen LogP) is 2.43. The van der Waals surface area contributed by atoms with Crippen molar-refractivity contribution >= 4 is 0 Å². The summed E-state index contributed by atoms with van der Waals surface area (Å²) in [7, 11) is 3.70. The Hall–Kier alpha value is -1.73. The standard InChI is InChI=1S/C15H20N2O2/c1-15(7-4-8-17(2)11-15)19-13-6-5-12(10-16)9-14(13)18-3/h5-6,9H,4,7-8,11H2,1-3H3. The smallest absolute Gasteiger partial charge is 0.162 e. The third-order valence-electron chi connectivity index (χ3n) is 3.50. The van der Waals surface area contributed by atoms with Crippen molar-refractivity contribution < 1.29 is 9.47 Å². The van der Waals surface area contributed by atoms with E-state index >= 15 is 0 Å². The summed E-state index contributed by atoms with van der Waals surface area (Å²) in [6, 6.07) is 7.39. The number of likely N-dealkylation sites (tertiary alicyclic amines) is 1. The van der Waals surface area contributed by atoms with E-state index in [2.05, 4.69) is 24.9 Å². The van der Waals surface area contributed by atoms with Gasteiger partial charge in [-0.05, 0) is 45.5 Å². The fourth-order valence-electron chi connectivity index (χ4n) is 2.62. The number of nitrogens with zero attached hydrogens (tertiary/aromatic N) is 2. The van der Waals surface area contributed by atoms with E-state index in [1.165, 1.54) is 0 Å². The average molecular weight is 260 g/mol. The number of methoxy groups -OCH3 is 1.